The normalized spacial score (nSPS) is 9.33. The van der Waals surface area contributed by atoms with E-state index in [1.54, 1.807) is 6.07 Å². The van der Waals surface area contributed by atoms with Gasteiger partial charge in [-0.25, -0.2) is 0 Å². The second-order valence-electron chi connectivity index (χ2n) is 2.67. The molecule has 76 valence electrons. The Labute approximate surface area is 83.9 Å². The summed E-state index contributed by atoms with van der Waals surface area (Å²) in [4.78, 5) is 20.1. The average molecular weight is 208 g/mol. The molecular weight excluding hydrogens is 203 g/mol. The van der Waals surface area contributed by atoms with Crippen LogP contribution in [0, 0.1) is 27.3 Å². The van der Waals surface area contributed by atoms with Crippen LogP contribution in [0.3, 0.4) is 0 Å². The summed E-state index contributed by atoms with van der Waals surface area (Å²) in [5, 5.41) is 19.0. The van der Waals surface area contributed by atoms with Gasteiger partial charge in [0.05, 0.1) is 23.0 Å². The van der Waals surface area contributed by atoms with Crippen molar-refractivity contribution in [3.63, 3.8) is 0 Å². The molecule has 0 aliphatic heterocycles. The van der Waals surface area contributed by atoms with Gasteiger partial charge in [0.25, 0.3) is 0 Å². The lowest BCUT2D eigenvalue weighted by Gasteiger charge is -2.02. The van der Waals surface area contributed by atoms with E-state index in [4.69, 9.17) is 5.26 Å². The van der Waals surface area contributed by atoms with Crippen molar-refractivity contribution in [2.24, 2.45) is 0 Å². The van der Waals surface area contributed by atoms with Crippen molar-refractivity contribution in [2.75, 3.05) is 0 Å². The number of nitro benzene ring substituents is 1. The second kappa shape index (κ2) is 4.28. The maximum absolute atomic E-state index is 13.1. The minimum atomic E-state index is -1.05. The minimum Gasteiger partial charge on any atom is -0.298 e. The molecule has 0 amide bonds. The fraction of sp³-hybridized carbons (Fsp3) is 0.111. The highest BCUT2D eigenvalue weighted by atomic mass is 19.1. The van der Waals surface area contributed by atoms with E-state index in [-0.39, 0.29) is 17.5 Å². The van der Waals surface area contributed by atoms with E-state index in [2.05, 4.69) is 0 Å². The summed E-state index contributed by atoms with van der Waals surface area (Å²) in [6.07, 6.45) is -0.0126. The third-order valence-corrected chi connectivity index (χ3v) is 1.84. The van der Waals surface area contributed by atoms with E-state index in [1.807, 2.05) is 0 Å². The van der Waals surface area contributed by atoms with Crippen LogP contribution in [0.1, 0.15) is 15.9 Å². The van der Waals surface area contributed by atoms with Gasteiger partial charge in [-0.1, -0.05) is 0 Å². The van der Waals surface area contributed by atoms with Crippen molar-refractivity contribution in [3.05, 3.63) is 39.2 Å². The quantitative estimate of drug-likeness (QED) is 0.429. The molecule has 0 heterocycles. The number of carbonyl (C=O) groups is 1. The van der Waals surface area contributed by atoms with Gasteiger partial charge in [0.15, 0.2) is 6.29 Å². The maximum atomic E-state index is 13.1. The van der Waals surface area contributed by atoms with Crippen molar-refractivity contribution in [1.82, 2.24) is 0 Å². The summed E-state index contributed by atoms with van der Waals surface area (Å²) in [5.41, 5.74) is -1.02. The molecule has 1 aromatic carbocycles. The Hall–Kier alpha value is -2.29. The molecular formula is C9H5FN2O3. The zero-order valence-electron chi connectivity index (χ0n) is 7.44. The summed E-state index contributed by atoms with van der Waals surface area (Å²) >= 11 is 0. The van der Waals surface area contributed by atoms with E-state index in [1.165, 1.54) is 0 Å². The monoisotopic (exact) mass is 208 g/mol. The van der Waals surface area contributed by atoms with Crippen molar-refractivity contribution in [1.29, 1.82) is 5.26 Å². The highest BCUT2D eigenvalue weighted by molar-refractivity contribution is 5.79. The number of nitriles is 1. The molecule has 0 N–H and O–H groups in total. The van der Waals surface area contributed by atoms with E-state index in [9.17, 15) is 19.3 Å². The molecule has 0 unspecified atom stereocenters. The predicted molar refractivity (Wildman–Crippen MR) is 47.8 cm³/mol. The molecule has 0 radical (unpaired) electrons. The SMILES string of the molecule is N#CCc1c(C=O)ccc(F)c1[N+](=O)[O-]. The van der Waals surface area contributed by atoms with Crippen LogP contribution in [0.4, 0.5) is 10.1 Å². The molecule has 0 saturated carbocycles. The average Bonchev–Trinajstić information content (AvgIpc) is 2.18. The number of nitrogens with zero attached hydrogens (tertiary/aromatic N) is 2. The van der Waals surface area contributed by atoms with E-state index in [0.717, 1.165) is 12.1 Å². The molecule has 0 saturated heterocycles. The molecule has 1 aromatic rings. The molecule has 1 rings (SSSR count). The largest absolute Gasteiger partial charge is 0.309 e. The molecule has 0 fully saturated rings. The first-order chi connectivity index (χ1) is 7.11. The number of rotatable bonds is 3. The van der Waals surface area contributed by atoms with Crippen molar-refractivity contribution in [3.8, 4) is 6.07 Å². The summed E-state index contributed by atoms with van der Waals surface area (Å²) in [6, 6.07) is 3.60. The lowest BCUT2D eigenvalue weighted by molar-refractivity contribution is -0.388. The molecule has 0 aromatic heterocycles. The van der Waals surface area contributed by atoms with Crippen LogP contribution >= 0.6 is 0 Å². The number of hydrogen-bond donors (Lipinski definition) is 0. The molecule has 0 aliphatic rings. The standard InChI is InChI=1S/C9H5FN2O3/c10-8-2-1-6(5-13)7(3-4-11)9(8)12(14)15/h1-2,5H,3H2. The Kier molecular flexibility index (Phi) is 3.08. The van der Waals surface area contributed by atoms with Gasteiger partial charge in [0.1, 0.15) is 0 Å². The van der Waals surface area contributed by atoms with Crippen LogP contribution in [-0.2, 0) is 6.42 Å². The molecule has 15 heavy (non-hydrogen) atoms. The first-order valence-electron chi connectivity index (χ1n) is 3.89. The van der Waals surface area contributed by atoms with Gasteiger partial charge in [0.2, 0.25) is 5.82 Å². The molecule has 6 heteroatoms. The Morgan fingerprint density at radius 1 is 1.60 bits per heavy atom. The summed E-state index contributed by atoms with van der Waals surface area (Å²) < 4.78 is 13.1. The zero-order chi connectivity index (χ0) is 11.4. The maximum Gasteiger partial charge on any atom is 0.309 e. The van der Waals surface area contributed by atoms with Crippen LogP contribution in [0.15, 0.2) is 12.1 Å². The predicted octanol–water partition coefficient (Wildman–Crippen LogP) is 1.61. The number of carbonyl (C=O) groups excluding carboxylic acids is 1. The third kappa shape index (κ3) is 1.96. The fourth-order valence-electron chi connectivity index (χ4n) is 1.20. The topological polar surface area (TPSA) is 84.0 Å². The number of benzene rings is 1. The van der Waals surface area contributed by atoms with Gasteiger partial charge >= 0.3 is 5.69 Å². The molecule has 0 bridgehead atoms. The number of hydrogen-bond acceptors (Lipinski definition) is 4. The van der Waals surface area contributed by atoms with Gasteiger partial charge < -0.3 is 0 Å². The van der Waals surface area contributed by atoms with Crippen molar-refractivity contribution in [2.45, 2.75) is 6.42 Å². The zero-order valence-corrected chi connectivity index (χ0v) is 7.44. The van der Waals surface area contributed by atoms with Gasteiger partial charge in [0, 0.05) is 5.56 Å². The second-order valence-corrected chi connectivity index (χ2v) is 2.67. The van der Waals surface area contributed by atoms with Gasteiger partial charge in [-0.3, -0.25) is 14.9 Å². The third-order valence-electron chi connectivity index (χ3n) is 1.84. The van der Waals surface area contributed by atoms with Crippen LogP contribution < -0.4 is 0 Å². The van der Waals surface area contributed by atoms with E-state index in [0.29, 0.717) is 6.29 Å². The summed E-state index contributed by atoms with van der Waals surface area (Å²) in [5.74, 6) is -1.05. The first-order valence-corrected chi connectivity index (χ1v) is 3.89. The molecule has 0 atom stereocenters. The number of nitro groups is 1. The first kappa shape index (κ1) is 10.8. The summed E-state index contributed by atoms with van der Waals surface area (Å²) in [6.45, 7) is 0. The molecule has 0 aliphatic carbocycles. The highest BCUT2D eigenvalue weighted by Crippen LogP contribution is 2.25. The van der Waals surface area contributed by atoms with Crippen LogP contribution in [0.2, 0.25) is 0 Å². The summed E-state index contributed by atoms with van der Waals surface area (Å²) in [7, 11) is 0. The van der Waals surface area contributed by atoms with Crippen LogP contribution in [0.5, 0.6) is 0 Å². The highest BCUT2D eigenvalue weighted by Gasteiger charge is 2.22. The van der Waals surface area contributed by atoms with Gasteiger partial charge in [-0.05, 0) is 12.1 Å². The Morgan fingerprint density at radius 3 is 2.73 bits per heavy atom. The molecule has 0 spiro atoms. The van der Waals surface area contributed by atoms with Crippen LogP contribution in [0.25, 0.3) is 0 Å². The van der Waals surface area contributed by atoms with Crippen LogP contribution in [-0.4, -0.2) is 11.2 Å². The lowest BCUT2D eigenvalue weighted by atomic mass is 10.0. The Bertz CT molecular complexity index is 465. The Morgan fingerprint density at radius 2 is 2.27 bits per heavy atom. The fourth-order valence-corrected chi connectivity index (χ4v) is 1.20. The molecule has 5 nitrogen and oxygen atoms in total. The van der Waals surface area contributed by atoms with Crippen molar-refractivity contribution < 1.29 is 14.1 Å². The lowest BCUT2D eigenvalue weighted by Crippen LogP contribution is -2.02. The van der Waals surface area contributed by atoms with E-state index < -0.39 is 16.4 Å². The smallest absolute Gasteiger partial charge is 0.298 e. The minimum absolute atomic E-state index is 0.0374. The van der Waals surface area contributed by atoms with Gasteiger partial charge in [-0.2, -0.15) is 9.65 Å². The van der Waals surface area contributed by atoms with Gasteiger partial charge in [-0.15, -0.1) is 0 Å². The number of aldehydes is 1. The number of halogens is 1. The Balaban J connectivity index is 3.51. The van der Waals surface area contributed by atoms with E-state index >= 15 is 0 Å². The van der Waals surface area contributed by atoms with Crippen molar-refractivity contribution >= 4 is 12.0 Å².